The Hall–Kier alpha value is -0.890. The van der Waals surface area contributed by atoms with E-state index < -0.39 is 0 Å². The molecule has 1 aromatic carbocycles. The first-order chi connectivity index (χ1) is 10.2. The molecular weight excluding hydrogens is 355 g/mol. The third-order valence-corrected chi connectivity index (χ3v) is 4.75. The highest BCUT2D eigenvalue weighted by molar-refractivity contribution is 9.10. The molecule has 0 amide bonds. The van der Waals surface area contributed by atoms with Gasteiger partial charge in [-0.2, -0.15) is 5.10 Å². The lowest BCUT2D eigenvalue weighted by molar-refractivity contribution is 0.507. The van der Waals surface area contributed by atoms with Crippen LogP contribution in [0.2, 0.25) is 0 Å². The SMILES string of the molecule is CCCn1ncc(Br)c1C(CSc1ccc(F)cc1)NN. The van der Waals surface area contributed by atoms with E-state index in [2.05, 4.69) is 33.4 Å². The van der Waals surface area contributed by atoms with Crippen molar-refractivity contribution in [1.82, 2.24) is 15.2 Å². The molecule has 1 unspecified atom stereocenters. The number of benzene rings is 1. The van der Waals surface area contributed by atoms with Crippen molar-refractivity contribution < 1.29 is 4.39 Å². The molecule has 0 spiro atoms. The molecule has 4 nitrogen and oxygen atoms in total. The Morgan fingerprint density at radius 3 is 2.76 bits per heavy atom. The number of hydrogen-bond acceptors (Lipinski definition) is 4. The van der Waals surface area contributed by atoms with Crippen molar-refractivity contribution in [1.29, 1.82) is 0 Å². The Balaban J connectivity index is 2.09. The van der Waals surface area contributed by atoms with E-state index in [9.17, 15) is 4.39 Å². The summed E-state index contributed by atoms with van der Waals surface area (Å²) < 4.78 is 15.8. The van der Waals surface area contributed by atoms with E-state index in [0.29, 0.717) is 0 Å². The second-order valence-electron chi connectivity index (χ2n) is 4.59. The average Bonchev–Trinajstić information content (AvgIpc) is 2.84. The molecule has 0 fully saturated rings. The number of nitrogens with two attached hydrogens (primary N) is 1. The number of aryl methyl sites for hydroxylation is 1. The van der Waals surface area contributed by atoms with Gasteiger partial charge in [0.05, 0.1) is 22.4 Å². The molecular formula is C14H18BrFN4S. The van der Waals surface area contributed by atoms with Crippen molar-refractivity contribution in [3.63, 3.8) is 0 Å². The quantitative estimate of drug-likeness (QED) is 0.443. The van der Waals surface area contributed by atoms with Crippen molar-refractivity contribution >= 4 is 27.7 Å². The van der Waals surface area contributed by atoms with Gasteiger partial charge in [0, 0.05) is 17.2 Å². The number of thioether (sulfide) groups is 1. The number of halogens is 2. The van der Waals surface area contributed by atoms with E-state index in [-0.39, 0.29) is 11.9 Å². The highest BCUT2D eigenvalue weighted by atomic mass is 79.9. The lowest BCUT2D eigenvalue weighted by Crippen LogP contribution is -2.31. The van der Waals surface area contributed by atoms with Gasteiger partial charge in [0.25, 0.3) is 0 Å². The molecule has 0 aliphatic heterocycles. The lowest BCUT2D eigenvalue weighted by atomic mass is 10.2. The molecule has 2 aromatic rings. The number of nitrogens with one attached hydrogen (secondary N) is 1. The average molecular weight is 373 g/mol. The van der Waals surface area contributed by atoms with Gasteiger partial charge in [-0.3, -0.25) is 16.0 Å². The summed E-state index contributed by atoms with van der Waals surface area (Å²) in [5.74, 6) is 6.21. The second kappa shape index (κ2) is 7.93. The first-order valence-corrected chi connectivity index (χ1v) is 8.49. The smallest absolute Gasteiger partial charge is 0.123 e. The summed E-state index contributed by atoms with van der Waals surface area (Å²) in [6.07, 6.45) is 2.79. The van der Waals surface area contributed by atoms with Gasteiger partial charge in [-0.1, -0.05) is 6.92 Å². The molecule has 2 rings (SSSR count). The zero-order valence-electron chi connectivity index (χ0n) is 11.7. The molecule has 0 saturated carbocycles. The number of nitrogens with zero attached hydrogens (tertiary/aromatic N) is 2. The van der Waals surface area contributed by atoms with Gasteiger partial charge >= 0.3 is 0 Å². The molecule has 0 aliphatic rings. The molecule has 114 valence electrons. The van der Waals surface area contributed by atoms with Crippen molar-refractivity contribution in [3.8, 4) is 0 Å². The topological polar surface area (TPSA) is 55.9 Å². The van der Waals surface area contributed by atoms with Gasteiger partial charge in [0.2, 0.25) is 0 Å². The van der Waals surface area contributed by atoms with Crippen LogP contribution in [0.25, 0.3) is 0 Å². The fourth-order valence-electron chi connectivity index (χ4n) is 2.02. The zero-order valence-corrected chi connectivity index (χ0v) is 14.1. The minimum absolute atomic E-state index is 0.0384. The van der Waals surface area contributed by atoms with Crippen molar-refractivity contribution in [2.75, 3.05) is 5.75 Å². The standard InChI is InChI=1S/C14H18BrFN4S/c1-2-7-20-14(12(15)8-18-20)13(19-17)9-21-11-5-3-10(16)4-6-11/h3-6,8,13,19H,2,7,9,17H2,1H3. The molecule has 1 heterocycles. The van der Waals surface area contributed by atoms with E-state index in [4.69, 9.17) is 5.84 Å². The molecule has 1 atom stereocenters. The van der Waals surface area contributed by atoms with E-state index in [1.807, 2.05) is 4.68 Å². The largest absolute Gasteiger partial charge is 0.271 e. The van der Waals surface area contributed by atoms with Crippen LogP contribution in [0.15, 0.2) is 39.8 Å². The summed E-state index contributed by atoms with van der Waals surface area (Å²) in [5, 5.41) is 4.36. The summed E-state index contributed by atoms with van der Waals surface area (Å²) in [4.78, 5) is 1.01. The van der Waals surface area contributed by atoms with E-state index in [1.165, 1.54) is 12.1 Å². The van der Waals surface area contributed by atoms with Crippen molar-refractivity contribution in [3.05, 3.63) is 46.4 Å². The van der Waals surface area contributed by atoms with Crippen LogP contribution >= 0.6 is 27.7 Å². The predicted molar refractivity (Wildman–Crippen MR) is 87.4 cm³/mol. The van der Waals surface area contributed by atoms with Crippen LogP contribution in [-0.2, 0) is 6.54 Å². The monoisotopic (exact) mass is 372 g/mol. The molecule has 0 radical (unpaired) electrons. The Morgan fingerprint density at radius 1 is 1.43 bits per heavy atom. The lowest BCUT2D eigenvalue weighted by Gasteiger charge is -2.18. The van der Waals surface area contributed by atoms with E-state index >= 15 is 0 Å². The maximum atomic E-state index is 12.9. The van der Waals surface area contributed by atoms with Gasteiger partial charge in [0.1, 0.15) is 5.82 Å². The zero-order chi connectivity index (χ0) is 15.2. The summed E-state index contributed by atoms with van der Waals surface area (Å²) in [7, 11) is 0. The maximum absolute atomic E-state index is 12.9. The number of rotatable bonds is 7. The van der Waals surface area contributed by atoms with Gasteiger partial charge in [0.15, 0.2) is 0 Å². The van der Waals surface area contributed by atoms with Crippen LogP contribution in [0, 0.1) is 5.82 Å². The molecule has 3 N–H and O–H groups in total. The van der Waals surface area contributed by atoms with Gasteiger partial charge in [-0.25, -0.2) is 4.39 Å². The second-order valence-corrected chi connectivity index (χ2v) is 6.53. The molecule has 0 bridgehead atoms. The fourth-order valence-corrected chi connectivity index (χ4v) is 3.54. The third kappa shape index (κ3) is 4.29. The molecule has 0 saturated heterocycles. The van der Waals surface area contributed by atoms with Gasteiger partial charge in [-0.05, 0) is 46.6 Å². The Morgan fingerprint density at radius 2 is 2.14 bits per heavy atom. The maximum Gasteiger partial charge on any atom is 0.123 e. The fraction of sp³-hybridized carbons (Fsp3) is 0.357. The molecule has 0 aliphatic carbocycles. The summed E-state index contributed by atoms with van der Waals surface area (Å²) in [6.45, 7) is 2.96. The summed E-state index contributed by atoms with van der Waals surface area (Å²) >= 11 is 5.15. The van der Waals surface area contributed by atoms with Crippen LogP contribution in [0.1, 0.15) is 25.1 Å². The number of hydrogen-bond donors (Lipinski definition) is 2. The van der Waals surface area contributed by atoms with Crippen LogP contribution in [0.5, 0.6) is 0 Å². The van der Waals surface area contributed by atoms with Crippen LogP contribution in [0.4, 0.5) is 4.39 Å². The van der Waals surface area contributed by atoms with E-state index in [0.717, 1.165) is 33.8 Å². The Kier molecular flexibility index (Phi) is 6.22. The Labute approximate surface area is 136 Å². The van der Waals surface area contributed by atoms with Crippen LogP contribution in [-0.4, -0.2) is 15.5 Å². The first-order valence-electron chi connectivity index (χ1n) is 6.71. The van der Waals surface area contributed by atoms with E-state index in [1.54, 1.807) is 30.1 Å². The van der Waals surface area contributed by atoms with Crippen molar-refractivity contribution in [2.45, 2.75) is 30.8 Å². The molecule has 21 heavy (non-hydrogen) atoms. The van der Waals surface area contributed by atoms with Crippen LogP contribution in [0.3, 0.4) is 0 Å². The summed E-state index contributed by atoms with van der Waals surface area (Å²) in [6, 6.07) is 6.43. The third-order valence-electron chi connectivity index (χ3n) is 3.03. The highest BCUT2D eigenvalue weighted by Gasteiger charge is 2.19. The number of hydrazine groups is 1. The summed E-state index contributed by atoms with van der Waals surface area (Å²) in [5.41, 5.74) is 3.88. The Bertz CT molecular complexity index is 573. The minimum Gasteiger partial charge on any atom is -0.271 e. The van der Waals surface area contributed by atoms with Gasteiger partial charge in [-0.15, -0.1) is 11.8 Å². The minimum atomic E-state index is -0.225. The van der Waals surface area contributed by atoms with Crippen LogP contribution < -0.4 is 11.3 Å². The number of aromatic nitrogens is 2. The molecule has 1 aromatic heterocycles. The van der Waals surface area contributed by atoms with Gasteiger partial charge < -0.3 is 0 Å². The van der Waals surface area contributed by atoms with Crippen molar-refractivity contribution in [2.24, 2.45) is 5.84 Å². The highest BCUT2D eigenvalue weighted by Crippen LogP contribution is 2.29. The first kappa shape index (κ1) is 16.5. The predicted octanol–water partition coefficient (Wildman–Crippen LogP) is 3.49. The normalized spacial score (nSPS) is 12.6. The molecule has 7 heteroatoms.